The van der Waals surface area contributed by atoms with E-state index in [0.29, 0.717) is 0 Å². The predicted octanol–water partition coefficient (Wildman–Crippen LogP) is 0.888. The van der Waals surface area contributed by atoms with Crippen molar-refractivity contribution in [2.24, 2.45) is 11.5 Å². The molecular formula is C10H24N6S2. The summed E-state index contributed by atoms with van der Waals surface area (Å²) in [7, 11) is 3.33. The first-order valence-electron chi connectivity index (χ1n) is 5.76. The predicted molar refractivity (Wildman–Crippen MR) is 83.1 cm³/mol. The van der Waals surface area contributed by atoms with Crippen molar-refractivity contribution in [3.8, 4) is 0 Å². The third-order valence-electron chi connectivity index (χ3n) is 2.25. The minimum atomic E-state index is -0.118. The van der Waals surface area contributed by atoms with Crippen molar-refractivity contribution in [1.82, 2.24) is 10.6 Å². The second-order valence-corrected chi connectivity index (χ2v) is 7.12. The molecule has 0 bridgehead atoms. The molecule has 8 heteroatoms. The molecule has 0 aromatic rings. The highest BCUT2D eigenvalue weighted by Crippen LogP contribution is 2.28. The summed E-state index contributed by atoms with van der Waals surface area (Å²) in [6, 6.07) is -0.236. The number of nitrogens with two attached hydrogens (primary N) is 2. The van der Waals surface area contributed by atoms with Crippen molar-refractivity contribution in [3.63, 3.8) is 0 Å². The Hall–Kier alpha value is -0.440. The van der Waals surface area contributed by atoms with Crippen LogP contribution in [0.15, 0.2) is 0 Å². The van der Waals surface area contributed by atoms with Gasteiger partial charge in [0.2, 0.25) is 0 Å². The van der Waals surface area contributed by atoms with Crippen molar-refractivity contribution in [1.29, 1.82) is 10.8 Å². The highest BCUT2D eigenvalue weighted by Gasteiger charge is 2.14. The van der Waals surface area contributed by atoms with Gasteiger partial charge in [-0.3, -0.25) is 21.5 Å². The van der Waals surface area contributed by atoms with Crippen molar-refractivity contribution in [2.45, 2.75) is 50.5 Å². The molecule has 0 aliphatic rings. The van der Waals surface area contributed by atoms with Gasteiger partial charge in [-0.2, -0.15) is 0 Å². The van der Waals surface area contributed by atoms with E-state index >= 15 is 0 Å². The summed E-state index contributed by atoms with van der Waals surface area (Å²) in [5.74, 6) is 0.285. The van der Waals surface area contributed by atoms with Gasteiger partial charge in [-0.15, -0.1) is 0 Å². The van der Waals surface area contributed by atoms with E-state index in [1.165, 1.54) is 0 Å². The summed E-state index contributed by atoms with van der Waals surface area (Å²) in [4.78, 5) is 0. The second kappa shape index (κ2) is 8.63. The Bertz CT molecular complexity index is 258. The number of rotatable bonds is 9. The Balaban J connectivity index is 3.87. The summed E-state index contributed by atoms with van der Waals surface area (Å²) in [6.07, 6.45) is 0. The number of nitrogens with one attached hydrogen (secondary N) is 4. The molecule has 0 fully saturated rings. The summed E-state index contributed by atoms with van der Waals surface area (Å²) in [6.45, 7) is 7.78. The first-order valence-corrected chi connectivity index (χ1v) is 8.03. The molecule has 18 heavy (non-hydrogen) atoms. The lowest BCUT2D eigenvalue weighted by Crippen LogP contribution is -2.43. The van der Waals surface area contributed by atoms with Crippen molar-refractivity contribution >= 4 is 33.3 Å². The number of hydrogen-bond donors (Lipinski definition) is 6. The van der Waals surface area contributed by atoms with E-state index in [2.05, 4.69) is 10.6 Å². The molecule has 6 nitrogen and oxygen atoms in total. The molecule has 0 spiro atoms. The van der Waals surface area contributed by atoms with Crippen LogP contribution in [0, 0.1) is 10.8 Å². The van der Waals surface area contributed by atoms with Gasteiger partial charge >= 0.3 is 0 Å². The van der Waals surface area contributed by atoms with Crippen LogP contribution in [0.25, 0.3) is 0 Å². The molecular weight excluding hydrogens is 268 g/mol. The lowest BCUT2D eigenvalue weighted by Gasteiger charge is -2.22. The van der Waals surface area contributed by atoms with Gasteiger partial charge in [0.05, 0.1) is 22.8 Å². The Kier molecular flexibility index (Phi) is 8.41. The maximum atomic E-state index is 7.30. The van der Waals surface area contributed by atoms with Gasteiger partial charge in [-0.25, -0.2) is 0 Å². The smallest absolute Gasteiger partial charge is 0.108 e. The van der Waals surface area contributed by atoms with E-state index in [9.17, 15) is 0 Å². The molecule has 0 aliphatic heterocycles. The largest absolute Gasteiger partial charge is 0.386 e. The van der Waals surface area contributed by atoms with Crippen LogP contribution in [0.1, 0.15) is 27.7 Å². The van der Waals surface area contributed by atoms with Gasteiger partial charge in [0.25, 0.3) is 0 Å². The zero-order valence-electron chi connectivity index (χ0n) is 11.3. The molecule has 8 N–H and O–H groups in total. The summed E-state index contributed by atoms with van der Waals surface area (Å²) in [5.41, 5.74) is 10.8. The molecule has 0 aliphatic carbocycles. The normalized spacial score (nSPS) is 17.8. The first-order chi connectivity index (χ1) is 8.23. The van der Waals surface area contributed by atoms with Crippen LogP contribution in [-0.2, 0) is 0 Å². The summed E-state index contributed by atoms with van der Waals surface area (Å²) < 4.78 is 0. The fourth-order valence-corrected chi connectivity index (χ4v) is 3.29. The second-order valence-electron chi connectivity index (χ2n) is 4.16. The van der Waals surface area contributed by atoms with Crippen LogP contribution in [0.5, 0.6) is 0 Å². The first kappa shape index (κ1) is 17.6. The average molecular weight is 292 g/mol. The van der Waals surface area contributed by atoms with Gasteiger partial charge in [0, 0.05) is 0 Å². The summed E-state index contributed by atoms with van der Waals surface area (Å²) in [5, 5.41) is 21.4. The van der Waals surface area contributed by atoms with Crippen LogP contribution >= 0.6 is 21.6 Å². The van der Waals surface area contributed by atoms with Crippen LogP contribution in [-0.4, -0.2) is 34.5 Å². The SMILES string of the molecule is CC(NC(C)C(=N)N)SSC(C)NC(C)C(=N)N. The van der Waals surface area contributed by atoms with Crippen molar-refractivity contribution in [2.75, 3.05) is 0 Å². The summed E-state index contributed by atoms with van der Waals surface area (Å²) >= 11 is 0. The molecule has 0 rings (SSSR count). The Labute approximate surface area is 117 Å². The van der Waals surface area contributed by atoms with E-state index in [1.807, 2.05) is 27.7 Å². The van der Waals surface area contributed by atoms with Crippen LogP contribution in [0.4, 0.5) is 0 Å². The molecule has 106 valence electrons. The lowest BCUT2D eigenvalue weighted by molar-refractivity contribution is 0.646. The number of hydrogen-bond acceptors (Lipinski definition) is 6. The number of amidine groups is 2. The molecule has 0 aromatic heterocycles. The van der Waals surface area contributed by atoms with Gasteiger partial charge < -0.3 is 11.5 Å². The molecule has 0 amide bonds. The zero-order chi connectivity index (χ0) is 14.3. The van der Waals surface area contributed by atoms with Crippen molar-refractivity contribution < 1.29 is 0 Å². The van der Waals surface area contributed by atoms with E-state index in [0.717, 1.165) is 0 Å². The van der Waals surface area contributed by atoms with Crippen molar-refractivity contribution in [3.05, 3.63) is 0 Å². The quantitative estimate of drug-likeness (QED) is 0.162. The third-order valence-corrected chi connectivity index (χ3v) is 5.27. The average Bonchev–Trinajstić information content (AvgIpc) is 2.25. The molecule has 4 atom stereocenters. The molecule has 0 heterocycles. The minimum Gasteiger partial charge on any atom is -0.386 e. The van der Waals surface area contributed by atoms with E-state index in [1.54, 1.807) is 21.6 Å². The monoisotopic (exact) mass is 292 g/mol. The highest BCUT2D eigenvalue weighted by molar-refractivity contribution is 8.77. The van der Waals surface area contributed by atoms with Crippen LogP contribution < -0.4 is 22.1 Å². The third kappa shape index (κ3) is 7.80. The topological polar surface area (TPSA) is 124 Å². The Morgan fingerprint density at radius 2 is 1.11 bits per heavy atom. The Morgan fingerprint density at radius 1 is 0.833 bits per heavy atom. The van der Waals surface area contributed by atoms with Gasteiger partial charge in [0.15, 0.2) is 0 Å². The molecule has 4 unspecified atom stereocenters. The molecule has 0 saturated heterocycles. The fourth-order valence-electron chi connectivity index (χ4n) is 1.11. The van der Waals surface area contributed by atoms with Crippen LogP contribution in [0.3, 0.4) is 0 Å². The lowest BCUT2D eigenvalue weighted by atomic mass is 10.3. The van der Waals surface area contributed by atoms with Crippen LogP contribution in [0.2, 0.25) is 0 Å². The standard InChI is InChI=1S/C10H24N6S2/c1-5(9(11)12)15-7(3)17-18-8(4)16-6(2)10(13)14/h5-8,15-16H,1-4H3,(H3,11,12)(H3,13,14). The van der Waals surface area contributed by atoms with E-state index in [-0.39, 0.29) is 34.5 Å². The zero-order valence-corrected chi connectivity index (χ0v) is 12.9. The molecule has 0 radical (unpaired) electrons. The van der Waals surface area contributed by atoms with E-state index < -0.39 is 0 Å². The van der Waals surface area contributed by atoms with Gasteiger partial charge in [-0.05, 0) is 27.7 Å². The van der Waals surface area contributed by atoms with Gasteiger partial charge in [0.1, 0.15) is 11.7 Å². The molecule has 0 saturated carbocycles. The maximum Gasteiger partial charge on any atom is 0.108 e. The Morgan fingerprint density at radius 3 is 1.33 bits per heavy atom. The fraction of sp³-hybridized carbons (Fsp3) is 0.800. The van der Waals surface area contributed by atoms with Gasteiger partial charge in [-0.1, -0.05) is 21.6 Å². The highest BCUT2D eigenvalue weighted by atomic mass is 33.1. The van der Waals surface area contributed by atoms with E-state index in [4.69, 9.17) is 22.3 Å². The minimum absolute atomic E-state index is 0.118. The molecule has 0 aromatic carbocycles. The maximum absolute atomic E-state index is 7.30.